The van der Waals surface area contributed by atoms with Gasteiger partial charge in [0.1, 0.15) is 0 Å². The topological polar surface area (TPSA) is 51.0 Å². The molecule has 0 radical (unpaired) electrons. The molecule has 0 N–H and O–H groups in total. The number of hydrogen-bond donors (Lipinski definition) is 0. The number of pyridine rings is 1. The fourth-order valence-electron chi connectivity index (χ4n) is 3.95. The largest absolute Gasteiger partial charge is 0.333 e. The van der Waals surface area contributed by atoms with Crippen LogP contribution in [0.25, 0.3) is 11.0 Å². The van der Waals surface area contributed by atoms with Gasteiger partial charge in [-0.15, -0.1) is 0 Å². The maximum Gasteiger partial charge on any atom is 0.255 e. The summed E-state index contributed by atoms with van der Waals surface area (Å²) in [4.78, 5) is 19.9. The van der Waals surface area contributed by atoms with Gasteiger partial charge < -0.3 is 4.90 Å². The van der Waals surface area contributed by atoms with E-state index < -0.39 is 0 Å². The summed E-state index contributed by atoms with van der Waals surface area (Å²) >= 11 is 0. The van der Waals surface area contributed by atoms with Crippen molar-refractivity contribution in [1.29, 1.82) is 0 Å². The van der Waals surface area contributed by atoms with E-state index in [2.05, 4.69) is 34.0 Å². The summed E-state index contributed by atoms with van der Waals surface area (Å²) in [7, 11) is 0. The highest BCUT2D eigenvalue weighted by Crippen LogP contribution is 2.40. The van der Waals surface area contributed by atoms with Crippen LogP contribution in [-0.2, 0) is 6.54 Å². The Morgan fingerprint density at radius 3 is 2.67 bits per heavy atom. The fourth-order valence-corrected chi connectivity index (χ4v) is 3.95. The summed E-state index contributed by atoms with van der Waals surface area (Å²) in [6.07, 6.45) is 8.31. The van der Waals surface area contributed by atoms with E-state index >= 15 is 0 Å². The normalized spacial score (nSPS) is 17.8. The summed E-state index contributed by atoms with van der Waals surface area (Å²) in [5, 5.41) is 5.41. The smallest absolute Gasteiger partial charge is 0.255 e. The van der Waals surface area contributed by atoms with E-state index in [-0.39, 0.29) is 5.91 Å². The third-order valence-corrected chi connectivity index (χ3v) is 5.82. The molecule has 0 bridgehead atoms. The van der Waals surface area contributed by atoms with Crippen molar-refractivity contribution < 1.29 is 4.79 Å². The highest BCUT2D eigenvalue weighted by atomic mass is 16.2. The van der Waals surface area contributed by atoms with Crippen molar-refractivity contribution in [2.24, 2.45) is 5.92 Å². The molecule has 5 nitrogen and oxygen atoms in total. The van der Waals surface area contributed by atoms with Crippen molar-refractivity contribution in [3.63, 3.8) is 0 Å². The van der Waals surface area contributed by atoms with E-state index in [0.29, 0.717) is 30.1 Å². The van der Waals surface area contributed by atoms with Crippen LogP contribution in [0.1, 0.15) is 48.5 Å². The highest BCUT2D eigenvalue weighted by Gasteiger charge is 2.42. The second kappa shape index (κ2) is 6.48. The number of rotatable bonds is 6. The molecule has 1 atom stereocenters. The molecule has 2 aliphatic carbocycles. The molecule has 2 saturated carbocycles. The van der Waals surface area contributed by atoms with E-state index in [1.54, 1.807) is 6.20 Å². The molecule has 5 heteroatoms. The second-order valence-electron chi connectivity index (χ2n) is 7.95. The maximum atomic E-state index is 13.2. The van der Waals surface area contributed by atoms with Gasteiger partial charge in [-0.1, -0.05) is 30.3 Å². The molecular weight excluding hydrogens is 336 g/mol. The van der Waals surface area contributed by atoms with E-state index in [0.717, 1.165) is 23.9 Å². The molecule has 2 aromatic heterocycles. The first-order valence-corrected chi connectivity index (χ1v) is 9.89. The van der Waals surface area contributed by atoms with Gasteiger partial charge in [0.2, 0.25) is 0 Å². The zero-order valence-electron chi connectivity index (χ0n) is 15.6. The van der Waals surface area contributed by atoms with Crippen LogP contribution < -0.4 is 0 Å². The Morgan fingerprint density at radius 1 is 1.19 bits per heavy atom. The molecule has 1 amide bonds. The van der Waals surface area contributed by atoms with Gasteiger partial charge in [-0.05, 0) is 50.2 Å². The second-order valence-corrected chi connectivity index (χ2v) is 7.95. The van der Waals surface area contributed by atoms with Crippen molar-refractivity contribution in [2.75, 3.05) is 0 Å². The minimum absolute atomic E-state index is 0.127. The molecule has 0 saturated heterocycles. The summed E-state index contributed by atoms with van der Waals surface area (Å²) in [6.45, 7) is 2.88. The van der Waals surface area contributed by atoms with Crippen LogP contribution in [0.5, 0.6) is 0 Å². The zero-order chi connectivity index (χ0) is 18.4. The molecule has 138 valence electrons. The lowest BCUT2D eigenvalue weighted by molar-refractivity contribution is 0.0654. The molecule has 1 unspecified atom stereocenters. The van der Waals surface area contributed by atoms with E-state index in [1.165, 1.54) is 18.4 Å². The van der Waals surface area contributed by atoms with Gasteiger partial charge in [-0.3, -0.25) is 4.79 Å². The van der Waals surface area contributed by atoms with Crippen molar-refractivity contribution in [1.82, 2.24) is 19.7 Å². The summed E-state index contributed by atoms with van der Waals surface area (Å²) in [6, 6.07) is 12.9. The number of carbonyl (C=O) groups is 1. The maximum absolute atomic E-state index is 13.2. The Kier molecular flexibility index (Phi) is 3.96. The number of carbonyl (C=O) groups excluding carboxylic acids is 1. The number of hydrogen-bond acceptors (Lipinski definition) is 3. The quantitative estimate of drug-likeness (QED) is 0.670. The summed E-state index contributed by atoms with van der Waals surface area (Å²) < 4.78 is 1.89. The van der Waals surface area contributed by atoms with E-state index in [4.69, 9.17) is 0 Å². The minimum Gasteiger partial charge on any atom is -0.333 e. The Morgan fingerprint density at radius 2 is 1.96 bits per heavy atom. The zero-order valence-corrected chi connectivity index (χ0v) is 15.6. The van der Waals surface area contributed by atoms with Gasteiger partial charge in [0.25, 0.3) is 5.91 Å². The highest BCUT2D eigenvalue weighted by molar-refractivity contribution is 5.97. The van der Waals surface area contributed by atoms with E-state index in [9.17, 15) is 4.79 Å². The van der Waals surface area contributed by atoms with Gasteiger partial charge in [0.05, 0.1) is 18.3 Å². The molecule has 2 fully saturated rings. The summed E-state index contributed by atoms with van der Waals surface area (Å²) in [5.41, 5.74) is 2.69. The molecule has 5 rings (SSSR count). The molecule has 27 heavy (non-hydrogen) atoms. The van der Waals surface area contributed by atoms with Crippen molar-refractivity contribution in [3.05, 3.63) is 59.9 Å². The Bertz CT molecular complexity index is 972. The van der Waals surface area contributed by atoms with Crippen molar-refractivity contribution in [3.8, 4) is 0 Å². The molecule has 2 heterocycles. The van der Waals surface area contributed by atoms with Crippen LogP contribution in [0.2, 0.25) is 0 Å². The number of benzene rings is 1. The predicted molar refractivity (Wildman–Crippen MR) is 104 cm³/mol. The van der Waals surface area contributed by atoms with E-state index in [1.807, 2.05) is 35.1 Å². The summed E-state index contributed by atoms with van der Waals surface area (Å²) in [5.74, 6) is 0.807. The third kappa shape index (κ3) is 3.22. The molecule has 2 aliphatic rings. The lowest BCUT2D eigenvalue weighted by Gasteiger charge is -2.29. The monoisotopic (exact) mass is 360 g/mol. The van der Waals surface area contributed by atoms with Crippen LogP contribution in [0, 0.1) is 5.92 Å². The third-order valence-electron chi connectivity index (χ3n) is 5.82. The molecule has 3 aromatic rings. The SMILES string of the molecule is CC(C1CC1)N(C(=O)c1cnc2c(cnn2Cc2ccccc2)c1)C1CC1. The Balaban J connectivity index is 1.42. The van der Waals surface area contributed by atoms with Crippen molar-refractivity contribution in [2.45, 2.75) is 51.2 Å². The van der Waals surface area contributed by atoms with Gasteiger partial charge in [0.15, 0.2) is 5.65 Å². The number of amides is 1. The molecular formula is C22H24N4O. The predicted octanol–water partition coefficient (Wildman–Crippen LogP) is 3.88. The van der Waals surface area contributed by atoms with Gasteiger partial charge >= 0.3 is 0 Å². The Hall–Kier alpha value is -2.69. The average molecular weight is 360 g/mol. The van der Waals surface area contributed by atoms with Crippen LogP contribution in [-0.4, -0.2) is 37.7 Å². The van der Waals surface area contributed by atoms with Crippen LogP contribution >= 0.6 is 0 Å². The minimum atomic E-state index is 0.127. The van der Waals surface area contributed by atoms with Crippen LogP contribution in [0.15, 0.2) is 48.8 Å². The molecule has 0 aliphatic heterocycles. The van der Waals surface area contributed by atoms with Gasteiger partial charge in [0, 0.05) is 23.7 Å². The number of fused-ring (bicyclic) bond motifs is 1. The van der Waals surface area contributed by atoms with Crippen LogP contribution in [0.4, 0.5) is 0 Å². The Labute approximate surface area is 159 Å². The first-order valence-electron chi connectivity index (χ1n) is 9.89. The van der Waals surface area contributed by atoms with Gasteiger partial charge in [-0.2, -0.15) is 5.10 Å². The van der Waals surface area contributed by atoms with Gasteiger partial charge in [-0.25, -0.2) is 9.67 Å². The van der Waals surface area contributed by atoms with Crippen LogP contribution in [0.3, 0.4) is 0 Å². The molecule has 1 aromatic carbocycles. The molecule has 0 spiro atoms. The lowest BCUT2D eigenvalue weighted by Crippen LogP contribution is -2.41. The fraction of sp³-hybridized carbons (Fsp3) is 0.409. The average Bonchev–Trinajstić information content (AvgIpc) is 3.61. The van der Waals surface area contributed by atoms with Crippen molar-refractivity contribution >= 4 is 16.9 Å². The first-order chi connectivity index (χ1) is 13.2. The standard InChI is InChI=1S/C22H24N4O/c1-15(17-7-8-17)26(20-9-10-20)22(27)19-11-18-13-24-25(21(18)23-12-19)14-16-5-3-2-4-6-16/h2-6,11-13,15,17,20H,7-10,14H2,1H3. The number of nitrogens with zero attached hydrogens (tertiary/aromatic N) is 4. The first kappa shape index (κ1) is 16.5. The lowest BCUT2D eigenvalue weighted by atomic mass is 10.1. The number of aromatic nitrogens is 3.